The van der Waals surface area contributed by atoms with E-state index in [-0.39, 0.29) is 0 Å². The molecule has 2 rings (SSSR count). The third-order valence-electron chi connectivity index (χ3n) is 3.76. The van der Waals surface area contributed by atoms with Crippen LogP contribution in [0.25, 0.3) is 0 Å². The Balaban J connectivity index is 1.78. The van der Waals surface area contributed by atoms with Crippen LogP contribution in [0.5, 0.6) is 0 Å². The van der Waals surface area contributed by atoms with Gasteiger partial charge in [0.25, 0.3) is 0 Å². The summed E-state index contributed by atoms with van der Waals surface area (Å²) < 4.78 is 5.17. The summed E-state index contributed by atoms with van der Waals surface area (Å²) in [5.41, 5.74) is 1.77. The number of pyridine rings is 1. The molecule has 1 aliphatic carbocycles. The van der Waals surface area contributed by atoms with Crippen molar-refractivity contribution < 1.29 is 4.74 Å². The molecular weight excluding hydrogens is 212 g/mol. The van der Waals surface area contributed by atoms with Gasteiger partial charge in [-0.2, -0.15) is 0 Å². The molecule has 1 N–H and O–H groups in total. The van der Waals surface area contributed by atoms with E-state index in [1.54, 1.807) is 7.11 Å². The molecule has 1 aromatic heterocycles. The average Bonchev–Trinajstić information content (AvgIpc) is 3.15. The van der Waals surface area contributed by atoms with Gasteiger partial charge in [0.15, 0.2) is 0 Å². The van der Waals surface area contributed by atoms with E-state index in [1.807, 2.05) is 18.5 Å². The Morgan fingerprint density at radius 3 is 2.94 bits per heavy atom. The van der Waals surface area contributed by atoms with Crippen LogP contribution in [0.3, 0.4) is 0 Å². The fraction of sp³-hybridized carbons (Fsp3) is 0.643. The number of nitrogens with one attached hydrogen (secondary N) is 1. The van der Waals surface area contributed by atoms with Gasteiger partial charge < -0.3 is 10.1 Å². The number of hydrogen-bond acceptors (Lipinski definition) is 3. The maximum atomic E-state index is 5.17. The number of nitrogens with zero attached hydrogens (tertiary/aromatic N) is 1. The Morgan fingerprint density at radius 2 is 2.35 bits per heavy atom. The molecule has 17 heavy (non-hydrogen) atoms. The molecule has 1 aliphatic rings. The molecule has 1 atom stereocenters. The fourth-order valence-corrected chi connectivity index (χ4v) is 2.13. The zero-order chi connectivity index (χ0) is 12.1. The number of rotatable bonds is 7. The Morgan fingerprint density at radius 1 is 1.53 bits per heavy atom. The van der Waals surface area contributed by atoms with Crippen LogP contribution in [0.2, 0.25) is 0 Å². The van der Waals surface area contributed by atoms with Gasteiger partial charge in [-0.25, -0.2) is 0 Å². The number of hydrogen-bond donors (Lipinski definition) is 1. The monoisotopic (exact) mass is 234 g/mol. The van der Waals surface area contributed by atoms with Crippen molar-refractivity contribution >= 4 is 0 Å². The third-order valence-corrected chi connectivity index (χ3v) is 3.76. The first-order valence-corrected chi connectivity index (χ1v) is 6.38. The highest BCUT2D eigenvalue weighted by atomic mass is 16.5. The highest BCUT2D eigenvalue weighted by Gasteiger charge is 2.41. The average molecular weight is 234 g/mol. The van der Waals surface area contributed by atoms with E-state index in [0.29, 0.717) is 11.5 Å². The minimum atomic E-state index is 0.378. The molecule has 0 radical (unpaired) electrons. The van der Waals surface area contributed by atoms with Crippen molar-refractivity contribution in [3.05, 3.63) is 30.1 Å². The molecule has 1 saturated carbocycles. The van der Waals surface area contributed by atoms with E-state index in [2.05, 4.69) is 23.3 Å². The van der Waals surface area contributed by atoms with E-state index in [9.17, 15) is 0 Å². The van der Waals surface area contributed by atoms with Crippen LogP contribution >= 0.6 is 0 Å². The summed E-state index contributed by atoms with van der Waals surface area (Å²) in [6, 6.07) is 4.49. The van der Waals surface area contributed by atoms with Crippen LogP contribution in [0.15, 0.2) is 24.5 Å². The van der Waals surface area contributed by atoms with Gasteiger partial charge in [-0.1, -0.05) is 6.07 Å². The standard InChI is InChI=1S/C14H22N2O/c1-12(13-4-3-8-15-10-13)16-11-14(5-6-14)7-9-17-2/h3-4,8,10,12,16H,5-7,9,11H2,1-2H3. The summed E-state index contributed by atoms with van der Waals surface area (Å²) in [5, 5.41) is 3.62. The quantitative estimate of drug-likeness (QED) is 0.787. The molecule has 1 fully saturated rings. The zero-order valence-electron chi connectivity index (χ0n) is 10.8. The lowest BCUT2D eigenvalue weighted by atomic mass is 10.0. The SMILES string of the molecule is COCCC1(CNC(C)c2cccnc2)CC1. The largest absolute Gasteiger partial charge is 0.385 e. The maximum Gasteiger partial charge on any atom is 0.0468 e. The molecule has 0 aliphatic heterocycles. The summed E-state index contributed by atoms with van der Waals surface area (Å²) in [6.45, 7) is 4.17. The van der Waals surface area contributed by atoms with E-state index in [4.69, 9.17) is 4.74 Å². The number of aromatic nitrogens is 1. The van der Waals surface area contributed by atoms with Gasteiger partial charge in [0.1, 0.15) is 0 Å². The summed E-state index contributed by atoms with van der Waals surface area (Å²) in [7, 11) is 1.78. The molecular formula is C14H22N2O. The van der Waals surface area contributed by atoms with E-state index in [1.165, 1.54) is 24.8 Å². The van der Waals surface area contributed by atoms with Crippen molar-refractivity contribution in [1.29, 1.82) is 0 Å². The van der Waals surface area contributed by atoms with Gasteiger partial charge in [0.2, 0.25) is 0 Å². The highest BCUT2D eigenvalue weighted by Crippen LogP contribution is 2.48. The fourth-order valence-electron chi connectivity index (χ4n) is 2.13. The molecule has 1 aromatic rings. The first-order chi connectivity index (χ1) is 8.26. The van der Waals surface area contributed by atoms with Gasteiger partial charge in [0.05, 0.1) is 0 Å². The van der Waals surface area contributed by atoms with Crippen molar-refractivity contribution in [3.63, 3.8) is 0 Å². The van der Waals surface area contributed by atoms with Gasteiger partial charge in [-0.15, -0.1) is 0 Å². The maximum absolute atomic E-state index is 5.17. The van der Waals surface area contributed by atoms with Gasteiger partial charge in [0, 0.05) is 38.7 Å². The van der Waals surface area contributed by atoms with Crippen LogP contribution in [-0.4, -0.2) is 25.2 Å². The number of ether oxygens (including phenoxy) is 1. The Labute approximate surface area is 104 Å². The molecule has 3 heteroatoms. The van der Waals surface area contributed by atoms with Crippen LogP contribution in [0, 0.1) is 5.41 Å². The predicted molar refractivity (Wildman–Crippen MR) is 68.8 cm³/mol. The van der Waals surface area contributed by atoms with E-state index in [0.717, 1.165) is 13.2 Å². The first-order valence-electron chi connectivity index (χ1n) is 6.38. The van der Waals surface area contributed by atoms with Crippen molar-refractivity contribution in [2.75, 3.05) is 20.3 Å². The minimum Gasteiger partial charge on any atom is -0.385 e. The second-order valence-corrected chi connectivity index (χ2v) is 5.13. The van der Waals surface area contributed by atoms with Crippen LogP contribution in [0.1, 0.15) is 37.8 Å². The molecule has 0 saturated heterocycles. The molecule has 0 spiro atoms. The zero-order valence-corrected chi connectivity index (χ0v) is 10.8. The Bertz CT molecular complexity index is 335. The summed E-state index contributed by atoms with van der Waals surface area (Å²) in [4.78, 5) is 4.16. The Kier molecular flexibility index (Phi) is 4.13. The first kappa shape index (κ1) is 12.5. The molecule has 0 amide bonds. The lowest BCUT2D eigenvalue weighted by molar-refractivity contribution is 0.170. The lowest BCUT2D eigenvalue weighted by Crippen LogP contribution is -2.27. The third kappa shape index (κ3) is 3.51. The van der Waals surface area contributed by atoms with Crippen LogP contribution in [-0.2, 0) is 4.74 Å². The molecule has 3 nitrogen and oxygen atoms in total. The van der Waals surface area contributed by atoms with Gasteiger partial charge in [-0.3, -0.25) is 4.98 Å². The molecule has 1 heterocycles. The van der Waals surface area contributed by atoms with Crippen molar-refractivity contribution in [3.8, 4) is 0 Å². The van der Waals surface area contributed by atoms with Gasteiger partial charge in [-0.05, 0) is 43.2 Å². The summed E-state index contributed by atoms with van der Waals surface area (Å²) in [6.07, 6.45) is 7.60. The Hall–Kier alpha value is -0.930. The van der Waals surface area contributed by atoms with Crippen LogP contribution < -0.4 is 5.32 Å². The second-order valence-electron chi connectivity index (χ2n) is 5.13. The predicted octanol–water partition coefficient (Wildman–Crippen LogP) is 2.55. The van der Waals surface area contributed by atoms with Crippen LogP contribution in [0.4, 0.5) is 0 Å². The van der Waals surface area contributed by atoms with E-state index < -0.39 is 0 Å². The highest BCUT2D eigenvalue weighted by molar-refractivity contribution is 5.13. The van der Waals surface area contributed by atoms with Gasteiger partial charge >= 0.3 is 0 Å². The summed E-state index contributed by atoms with van der Waals surface area (Å²) in [5.74, 6) is 0. The minimum absolute atomic E-state index is 0.378. The smallest absolute Gasteiger partial charge is 0.0468 e. The molecule has 0 bridgehead atoms. The van der Waals surface area contributed by atoms with Crippen molar-refractivity contribution in [2.45, 2.75) is 32.2 Å². The molecule has 94 valence electrons. The van der Waals surface area contributed by atoms with Crippen molar-refractivity contribution in [2.24, 2.45) is 5.41 Å². The molecule has 0 aromatic carbocycles. The van der Waals surface area contributed by atoms with E-state index >= 15 is 0 Å². The normalized spacial score (nSPS) is 18.9. The second kappa shape index (κ2) is 5.61. The molecule has 1 unspecified atom stereocenters. The van der Waals surface area contributed by atoms with Crippen molar-refractivity contribution in [1.82, 2.24) is 10.3 Å². The number of methoxy groups -OCH3 is 1. The summed E-state index contributed by atoms with van der Waals surface area (Å²) >= 11 is 0. The lowest BCUT2D eigenvalue weighted by Gasteiger charge is -2.20. The topological polar surface area (TPSA) is 34.1 Å².